The molecule has 60 valence electrons. The predicted octanol–water partition coefficient (Wildman–Crippen LogP) is -1.34. The van der Waals surface area contributed by atoms with Gasteiger partial charge >= 0.3 is 6.09 Å². The lowest BCUT2D eigenvalue weighted by molar-refractivity contribution is 0.168. The minimum atomic E-state index is -0.538. The van der Waals surface area contributed by atoms with Gasteiger partial charge in [0.05, 0.1) is 13.7 Å². The van der Waals surface area contributed by atoms with Crippen LogP contribution in [0.25, 0.3) is 0 Å². The fourth-order valence-electron chi connectivity index (χ4n) is 0.351. The zero-order valence-electron chi connectivity index (χ0n) is 5.83. The molecule has 0 spiro atoms. The smallest absolute Gasteiger partial charge is 0.406 e. The Morgan fingerprint density at radius 1 is 1.90 bits per heavy atom. The minimum Gasteiger partial charge on any atom is -0.453 e. The summed E-state index contributed by atoms with van der Waals surface area (Å²) in [6, 6.07) is -0.418. The van der Waals surface area contributed by atoms with Gasteiger partial charge in [-0.2, -0.15) is 0 Å². The molecule has 5 heteroatoms. The molecule has 1 unspecified atom stereocenters. The van der Waals surface area contributed by atoms with Crippen molar-refractivity contribution in [3.63, 3.8) is 0 Å². The average Bonchev–Trinajstić information content (AvgIpc) is 1.99. The molecule has 0 saturated carbocycles. The number of amides is 1. The molecule has 1 amide bonds. The Morgan fingerprint density at radius 2 is 2.50 bits per heavy atom. The van der Waals surface area contributed by atoms with Crippen molar-refractivity contribution < 1.29 is 14.6 Å². The molecule has 10 heavy (non-hydrogen) atoms. The Kier molecular flexibility index (Phi) is 4.61. The summed E-state index contributed by atoms with van der Waals surface area (Å²) in [6.45, 7) is 0.0766. The van der Waals surface area contributed by atoms with Crippen LogP contribution in [0.2, 0.25) is 0 Å². The number of alkyl carbamates (subject to hydrolysis) is 1. The highest BCUT2D eigenvalue weighted by Crippen LogP contribution is 1.74. The fourth-order valence-corrected chi connectivity index (χ4v) is 0.351. The van der Waals surface area contributed by atoms with E-state index in [1.54, 1.807) is 0 Å². The quantitative estimate of drug-likeness (QED) is 0.462. The van der Waals surface area contributed by atoms with E-state index in [1.807, 2.05) is 0 Å². The van der Waals surface area contributed by atoms with Crippen LogP contribution in [0.1, 0.15) is 0 Å². The van der Waals surface area contributed by atoms with E-state index in [0.29, 0.717) is 0 Å². The monoisotopic (exact) mass is 148 g/mol. The molecule has 0 aromatic carbocycles. The van der Waals surface area contributed by atoms with Gasteiger partial charge in [-0.05, 0) is 0 Å². The number of rotatable bonds is 3. The molecular weight excluding hydrogens is 136 g/mol. The van der Waals surface area contributed by atoms with Gasteiger partial charge in [0.2, 0.25) is 0 Å². The van der Waals surface area contributed by atoms with Crippen LogP contribution in [0.5, 0.6) is 0 Å². The van der Waals surface area contributed by atoms with Crippen LogP contribution in [-0.2, 0) is 4.74 Å². The second kappa shape index (κ2) is 5.01. The maximum Gasteiger partial charge on any atom is 0.406 e. The zero-order chi connectivity index (χ0) is 7.98. The zero-order valence-corrected chi connectivity index (χ0v) is 5.83. The van der Waals surface area contributed by atoms with Crippen molar-refractivity contribution >= 4 is 6.09 Å². The summed E-state index contributed by atoms with van der Waals surface area (Å²) < 4.78 is 4.26. The first-order valence-corrected chi connectivity index (χ1v) is 2.89. The van der Waals surface area contributed by atoms with E-state index < -0.39 is 12.1 Å². The molecule has 0 saturated heterocycles. The Balaban J connectivity index is 3.26. The summed E-state index contributed by atoms with van der Waals surface area (Å²) in [6.07, 6.45) is -0.538. The highest BCUT2D eigenvalue weighted by atomic mass is 16.5. The van der Waals surface area contributed by atoms with Crippen LogP contribution in [0.4, 0.5) is 4.79 Å². The highest BCUT2D eigenvalue weighted by Gasteiger charge is 2.02. The van der Waals surface area contributed by atoms with Crippen molar-refractivity contribution in [1.29, 1.82) is 0 Å². The molecule has 0 aliphatic rings. The minimum absolute atomic E-state index is 0.149. The van der Waals surface area contributed by atoms with Crippen molar-refractivity contribution in [2.24, 2.45) is 5.73 Å². The molecule has 0 aliphatic heterocycles. The number of nitrogens with two attached hydrogens (primary N) is 1. The van der Waals surface area contributed by atoms with Gasteiger partial charge in [0, 0.05) is 12.6 Å². The first-order chi connectivity index (χ1) is 4.70. The summed E-state index contributed by atoms with van der Waals surface area (Å²) in [5.41, 5.74) is 5.26. The predicted molar refractivity (Wildman–Crippen MR) is 35.5 cm³/mol. The van der Waals surface area contributed by atoms with Gasteiger partial charge in [0.1, 0.15) is 0 Å². The topological polar surface area (TPSA) is 84.6 Å². The Morgan fingerprint density at radius 3 is 2.90 bits per heavy atom. The number of carbonyl (C=O) groups is 1. The molecule has 0 heterocycles. The average molecular weight is 148 g/mol. The van der Waals surface area contributed by atoms with Gasteiger partial charge in [-0.3, -0.25) is 0 Å². The highest BCUT2D eigenvalue weighted by molar-refractivity contribution is 5.66. The Hall–Kier alpha value is -0.810. The van der Waals surface area contributed by atoms with Crippen LogP contribution in [0, 0.1) is 0 Å². The number of methoxy groups -OCH3 is 1. The molecule has 5 nitrogen and oxygen atoms in total. The molecule has 0 rings (SSSR count). The van der Waals surface area contributed by atoms with Gasteiger partial charge in [0.15, 0.2) is 0 Å². The molecule has 0 radical (unpaired) electrons. The number of ether oxygens (including phenoxy) is 1. The fraction of sp³-hybridized carbons (Fsp3) is 0.800. The molecule has 0 fully saturated rings. The van der Waals surface area contributed by atoms with E-state index in [-0.39, 0.29) is 13.2 Å². The summed E-state index contributed by atoms with van der Waals surface area (Å²) >= 11 is 0. The first-order valence-electron chi connectivity index (χ1n) is 2.89. The lowest BCUT2D eigenvalue weighted by Gasteiger charge is -2.07. The maximum absolute atomic E-state index is 10.4. The molecule has 0 aromatic heterocycles. The third kappa shape index (κ3) is 4.11. The molecule has 0 aromatic rings. The molecule has 0 bridgehead atoms. The summed E-state index contributed by atoms with van der Waals surface area (Å²) in [7, 11) is 1.26. The number of aliphatic hydroxyl groups excluding tert-OH is 1. The number of aliphatic hydroxyl groups is 1. The number of hydrogen-bond acceptors (Lipinski definition) is 4. The van der Waals surface area contributed by atoms with Crippen LogP contribution in [0.3, 0.4) is 0 Å². The summed E-state index contributed by atoms with van der Waals surface area (Å²) in [5.74, 6) is 0. The van der Waals surface area contributed by atoms with Crippen molar-refractivity contribution in [2.75, 3.05) is 20.3 Å². The maximum atomic E-state index is 10.4. The third-order valence-corrected chi connectivity index (χ3v) is 0.928. The van der Waals surface area contributed by atoms with E-state index in [0.717, 1.165) is 0 Å². The van der Waals surface area contributed by atoms with E-state index in [4.69, 9.17) is 10.8 Å². The Labute approximate surface area is 59.2 Å². The van der Waals surface area contributed by atoms with E-state index in [2.05, 4.69) is 10.1 Å². The van der Waals surface area contributed by atoms with E-state index >= 15 is 0 Å². The van der Waals surface area contributed by atoms with Crippen LogP contribution < -0.4 is 11.1 Å². The second-order valence-electron chi connectivity index (χ2n) is 1.82. The van der Waals surface area contributed by atoms with Crippen LogP contribution in [-0.4, -0.2) is 37.5 Å². The normalized spacial score (nSPS) is 12.3. The largest absolute Gasteiger partial charge is 0.453 e. The molecule has 4 N–H and O–H groups in total. The number of carbonyl (C=O) groups excluding carboxylic acids is 1. The van der Waals surface area contributed by atoms with Gasteiger partial charge in [-0.25, -0.2) is 4.79 Å². The van der Waals surface area contributed by atoms with Gasteiger partial charge in [-0.15, -0.1) is 0 Å². The van der Waals surface area contributed by atoms with Gasteiger partial charge < -0.3 is 20.9 Å². The number of nitrogens with one attached hydrogen (secondary N) is 1. The van der Waals surface area contributed by atoms with Crippen molar-refractivity contribution in [3.05, 3.63) is 0 Å². The second-order valence-corrected chi connectivity index (χ2v) is 1.82. The molecular formula is C5H12N2O3. The summed E-state index contributed by atoms with van der Waals surface area (Å²) in [5, 5.41) is 10.7. The van der Waals surface area contributed by atoms with Crippen LogP contribution >= 0.6 is 0 Å². The third-order valence-electron chi connectivity index (χ3n) is 0.928. The molecule has 1 atom stereocenters. The standard InChI is InChI=1S/C5H12N2O3/c1-10-5(9)7-2-4(6)3-8/h4,8H,2-3,6H2,1H3,(H,7,9). The van der Waals surface area contributed by atoms with Crippen molar-refractivity contribution in [3.8, 4) is 0 Å². The first kappa shape index (κ1) is 9.19. The lowest BCUT2D eigenvalue weighted by Crippen LogP contribution is -2.39. The van der Waals surface area contributed by atoms with E-state index in [9.17, 15) is 4.79 Å². The van der Waals surface area contributed by atoms with Crippen LogP contribution in [0.15, 0.2) is 0 Å². The van der Waals surface area contributed by atoms with Gasteiger partial charge in [0.25, 0.3) is 0 Å². The van der Waals surface area contributed by atoms with Crippen molar-refractivity contribution in [2.45, 2.75) is 6.04 Å². The van der Waals surface area contributed by atoms with Crippen molar-refractivity contribution in [1.82, 2.24) is 5.32 Å². The van der Waals surface area contributed by atoms with E-state index in [1.165, 1.54) is 7.11 Å². The number of hydrogen-bond donors (Lipinski definition) is 3. The Bertz CT molecular complexity index is 107. The summed E-state index contributed by atoms with van der Waals surface area (Å²) in [4.78, 5) is 10.4. The molecule has 0 aliphatic carbocycles. The SMILES string of the molecule is COC(=O)NCC(N)CO. The lowest BCUT2D eigenvalue weighted by atomic mass is 10.3. The van der Waals surface area contributed by atoms with Gasteiger partial charge in [-0.1, -0.05) is 0 Å².